The standard InChI is InChI=1S/C25H18N4/c1-3-7-20(8-4-1)26-28-22-11-13-24-18(16-22)15-19-17-23(12-14-25(19)24)29-27-21-9-5-2-6-10-21/h1-14,16-17H,15H2/b28-26+,29-27+. The minimum Gasteiger partial charge on any atom is -0.151 e. The van der Waals surface area contributed by atoms with Crippen LogP contribution in [0, 0.1) is 0 Å². The first-order valence-electron chi connectivity index (χ1n) is 9.55. The van der Waals surface area contributed by atoms with Gasteiger partial charge in [0.25, 0.3) is 0 Å². The van der Waals surface area contributed by atoms with Gasteiger partial charge in [-0.05, 0) is 77.2 Å². The molecule has 0 amide bonds. The molecule has 0 radical (unpaired) electrons. The van der Waals surface area contributed by atoms with Crippen LogP contribution < -0.4 is 0 Å². The third-order valence-electron chi connectivity index (χ3n) is 4.92. The molecule has 0 saturated carbocycles. The first-order valence-corrected chi connectivity index (χ1v) is 9.55. The maximum Gasteiger partial charge on any atom is 0.0860 e. The number of hydrogen-bond donors (Lipinski definition) is 0. The van der Waals surface area contributed by atoms with Crippen LogP contribution in [0.2, 0.25) is 0 Å². The molecule has 0 bridgehead atoms. The van der Waals surface area contributed by atoms with Gasteiger partial charge in [0.05, 0.1) is 22.7 Å². The number of hydrogen-bond acceptors (Lipinski definition) is 4. The second-order valence-corrected chi connectivity index (χ2v) is 6.93. The van der Waals surface area contributed by atoms with E-state index >= 15 is 0 Å². The molecular formula is C25H18N4. The van der Waals surface area contributed by atoms with Crippen molar-refractivity contribution in [1.29, 1.82) is 0 Å². The maximum absolute atomic E-state index is 4.39. The van der Waals surface area contributed by atoms with Crippen molar-refractivity contribution in [3.8, 4) is 11.1 Å². The molecule has 0 heterocycles. The van der Waals surface area contributed by atoms with E-state index in [1.807, 2.05) is 72.8 Å². The summed E-state index contributed by atoms with van der Waals surface area (Å²) in [6, 6.07) is 32.1. The molecule has 1 aliphatic carbocycles. The summed E-state index contributed by atoms with van der Waals surface area (Å²) in [5.41, 5.74) is 8.47. The summed E-state index contributed by atoms with van der Waals surface area (Å²) in [5.74, 6) is 0. The Hall–Kier alpha value is -3.92. The minimum absolute atomic E-state index is 0.852. The molecule has 4 aromatic carbocycles. The van der Waals surface area contributed by atoms with Gasteiger partial charge in [0, 0.05) is 0 Å². The Balaban J connectivity index is 1.37. The van der Waals surface area contributed by atoms with E-state index in [0.29, 0.717) is 0 Å². The lowest BCUT2D eigenvalue weighted by atomic mass is 10.1. The third-order valence-corrected chi connectivity index (χ3v) is 4.92. The fourth-order valence-electron chi connectivity index (χ4n) is 3.53. The van der Waals surface area contributed by atoms with Crippen molar-refractivity contribution in [3.63, 3.8) is 0 Å². The van der Waals surface area contributed by atoms with Crippen molar-refractivity contribution in [2.75, 3.05) is 0 Å². The molecule has 4 heteroatoms. The molecule has 29 heavy (non-hydrogen) atoms. The highest BCUT2D eigenvalue weighted by Crippen LogP contribution is 2.40. The number of benzene rings is 4. The highest BCUT2D eigenvalue weighted by atomic mass is 15.1. The van der Waals surface area contributed by atoms with Gasteiger partial charge in [-0.15, -0.1) is 0 Å². The Kier molecular flexibility index (Phi) is 4.51. The van der Waals surface area contributed by atoms with Crippen molar-refractivity contribution >= 4 is 22.7 Å². The number of fused-ring (bicyclic) bond motifs is 3. The van der Waals surface area contributed by atoms with Gasteiger partial charge in [-0.1, -0.05) is 48.5 Å². The third kappa shape index (κ3) is 3.73. The molecule has 0 aromatic heterocycles. The van der Waals surface area contributed by atoms with Gasteiger partial charge in [-0.25, -0.2) is 0 Å². The fraction of sp³-hybridized carbons (Fsp3) is 0.0400. The molecule has 0 fully saturated rings. The monoisotopic (exact) mass is 374 g/mol. The Morgan fingerprint density at radius 2 is 0.828 bits per heavy atom. The van der Waals surface area contributed by atoms with Crippen LogP contribution in [0.15, 0.2) is 118 Å². The molecule has 0 spiro atoms. The van der Waals surface area contributed by atoms with Crippen molar-refractivity contribution < 1.29 is 0 Å². The van der Waals surface area contributed by atoms with Crippen molar-refractivity contribution in [1.82, 2.24) is 0 Å². The second-order valence-electron chi connectivity index (χ2n) is 6.93. The summed E-state index contributed by atoms with van der Waals surface area (Å²) in [4.78, 5) is 0. The van der Waals surface area contributed by atoms with E-state index in [1.54, 1.807) is 0 Å². The lowest BCUT2D eigenvalue weighted by Crippen LogP contribution is -1.79. The maximum atomic E-state index is 4.39. The zero-order valence-corrected chi connectivity index (χ0v) is 15.7. The minimum atomic E-state index is 0.852. The van der Waals surface area contributed by atoms with Crippen LogP contribution in [0.3, 0.4) is 0 Å². The van der Waals surface area contributed by atoms with E-state index in [0.717, 1.165) is 29.2 Å². The summed E-state index contributed by atoms with van der Waals surface area (Å²) < 4.78 is 0. The first kappa shape index (κ1) is 17.2. The van der Waals surface area contributed by atoms with Crippen molar-refractivity contribution in [3.05, 3.63) is 108 Å². The quantitative estimate of drug-likeness (QED) is 0.285. The van der Waals surface area contributed by atoms with E-state index in [2.05, 4.69) is 44.7 Å². The first-order chi connectivity index (χ1) is 14.3. The number of rotatable bonds is 4. The second kappa shape index (κ2) is 7.60. The predicted molar refractivity (Wildman–Crippen MR) is 116 cm³/mol. The molecular weight excluding hydrogens is 356 g/mol. The molecule has 138 valence electrons. The van der Waals surface area contributed by atoms with Gasteiger partial charge in [-0.2, -0.15) is 20.5 Å². The molecule has 0 unspecified atom stereocenters. The molecule has 5 rings (SSSR count). The van der Waals surface area contributed by atoms with E-state index in [-0.39, 0.29) is 0 Å². The van der Waals surface area contributed by atoms with Crippen LogP contribution in [-0.2, 0) is 6.42 Å². The van der Waals surface area contributed by atoms with Crippen LogP contribution in [0.5, 0.6) is 0 Å². The lowest BCUT2D eigenvalue weighted by Gasteiger charge is -2.02. The van der Waals surface area contributed by atoms with Gasteiger partial charge in [-0.3, -0.25) is 0 Å². The highest BCUT2D eigenvalue weighted by Gasteiger charge is 2.19. The van der Waals surface area contributed by atoms with Crippen molar-refractivity contribution in [2.24, 2.45) is 20.5 Å². The van der Waals surface area contributed by atoms with Gasteiger partial charge in [0.2, 0.25) is 0 Å². The highest BCUT2D eigenvalue weighted by molar-refractivity contribution is 5.79. The summed E-state index contributed by atoms with van der Waals surface area (Å²) in [6.45, 7) is 0. The zero-order valence-electron chi connectivity index (χ0n) is 15.7. The molecule has 0 N–H and O–H groups in total. The van der Waals surface area contributed by atoms with E-state index < -0.39 is 0 Å². The summed E-state index contributed by atoms with van der Waals surface area (Å²) >= 11 is 0. The smallest absolute Gasteiger partial charge is 0.0860 e. The van der Waals surface area contributed by atoms with Crippen LogP contribution in [-0.4, -0.2) is 0 Å². The molecule has 4 aromatic rings. The fourth-order valence-corrected chi connectivity index (χ4v) is 3.53. The SMILES string of the molecule is c1ccc(/N=N/c2ccc3c(c2)Cc2cc(/N=N/c4ccccc4)ccc2-3)cc1. The molecule has 4 nitrogen and oxygen atoms in total. The van der Waals surface area contributed by atoms with Crippen LogP contribution in [0.25, 0.3) is 11.1 Å². The average molecular weight is 374 g/mol. The lowest BCUT2D eigenvalue weighted by molar-refractivity contribution is 1.20. The molecule has 0 aliphatic heterocycles. The van der Waals surface area contributed by atoms with Crippen molar-refractivity contribution in [2.45, 2.75) is 6.42 Å². The van der Waals surface area contributed by atoms with E-state index in [1.165, 1.54) is 22.3 Å². The van der Waals surface area contributed by atoms with Gasteiger partial charge >= 0.3 is 0 Å². The summed E-state index contributed by atoms with van der Waals surface area (Å²) in [5, 5.41) is 17.4. The van der Waals surface area contributed by atoms with Gasteiger partial charge in [0.15, 0.2) is 0 Å². The van der Waals surface area contributed by atoms with Crippen LogP contribution >= 0.6 is 0 Å². The zero-order chi connectivity index (χ0) is 19.5. The Bertz CT molecular complexity index is 1120. The van der Waals surface area contributed by atoms with Gasteiger partial charge < -0.3 is 0 Å². The molecule has 0 saturated heterocycles. The predicted octanol–water partition coefficient (Wildman–Crippen LogP) is 8.09. The van der Waals surface area contributed by atoms with Gasteiger partial charge in [0.1, 0.15) is 0 Å². The van der Waals surface area contributed by atoms with E-state index in [9.17, 15) is 0 Å². The molecule has 1 aliphatic rings. The number of azo groups is 2. The van der Waals surface area contributed by atoms with E-state index in [4.69, 9.17) is 0 Å². The summed E-state index contributed by atoms with van der Waals surface area (Å²) in [7, 11) is 0. The molecule has 0 atom stereocenters. The summed E-state index contributed by atoms with van der Waals surface area (Å²) in [6.07, 6.45) is 0.869. The van der Waals surface area contributed by atoms with Crippen LogP contribution in [0.4, 0.5) is 22.7 Å². The van der Waals surface area contributed by atoms with Crippen LogP contribution in [0.1, 0.15) is 11.1 Å². The topological polar surface area (TPSA) is 49.4 Å². The Morgan fingerprint density at radius 1 is 0.414 bits per heavy atom. The Labute approximate surface area is 169 Å². The number of nitrogens with zero attached hydrogens (tertiary/aromatic N) is 4. The average Bonchev–Trinajstić information content (AvgIpc) is 3.14. The largest absolute Gasteiger partial charge is 0.151 e. The Morgan fingerprint density at radius 3 is 1.28 bits per heavy atom. The normalized spacial score (nSPS) is 12.4.